The first-order chi connectivity index (χ1) is 17.9. The largest absolute Gasteiger partial charge is 0.495 e. The zero-order valence-electron chi connectivity index (χ0n) is 20.4. The highest BCUT2D eigenvalue weighted by Crippen LogP contribution is 2.27. The number of benzene rings is 2. The number of hydrogen-bond donors (Lipinski definition) is 5. The molecule has 0 spiro atoms. The third-order valence-corrected chi connectivity index (χ3v) is 7.74. The van der Waals surface area contributed by atoms with E-state index in [-0.39, 0.29) is 34.6 Å². The molecule has 14 heteroatoms. The number of amidine groups is 1. The highest BCUT2D eigenvalue weighted by Gasteiger charge is 2.39. The minimum absolute atomic E-state index is 0.0173. The molecule has 38 heavy (non-hydrogen) atoms. The van der Waals surface area contributed by atoms with Crippen molar-refractivity contribution < 1.29 is 32.6 Å². The zero-order chi connectivity index (χ0) is 28.0. The number of aliphatic carboxylic acids is 1. The summed E-state index contributed by atoms with van der Waals surface area (Å²) in [6.45, 7) is 0.315. The van der Waals surface area contributed by atoms with Crippen LogP contribution in [0.1, 0.15) is 30.4 Å². The van der Waals surface area contributed by atoms with Crippen molar-refractivity contribution in [1.29, 1.82) is 5.41 Å². The number of hydrogen-bond acceptors (Lipinski definition) is 7. The van der Waals surface area contributed by atoms with E-state index in [1.807, 2.05) is 0 Å². The number of nitrogens with zero attached hydrogens (tertiary/aromatic N) is 1. The molecule has 6 N–H and O–H groups in total. The third-order valence-electron chi connectivity index (χ3n) is 5.98. The van der Waals surface area contributed by atoms with Crippen LogP contribution in [0.15, 0.2) is 47.4 Å². The molecule has 12 nitrogen and oxygen atoms in total. The molecule has 1 heterocycles. The Morgan fingerprint density at radius 2 is 1.92 bits per heavy atom. The Hall–Kier alpha value is -3.68. The van der Waals surface area contributed by atoms with Gasteiger partial charge in [0.1, 0.15) is 23.7 Å². The minimum atomic E-state index is -4.35. The molecule has 1 aliphatic rings. The molecule has 2 atom stereocenters. The normalized spacial score (nSPS) is 16.1. The lowest BCUT2D eigenvalue weighted by Gasteiger charge is -2.28. The number of rotatable bonds is 11. The molecular formula is C24H28ClN5O7S. The van der Waals surface area contributed by atoms with E-state index >= 15 is 0 Å². The van der Waals surface area contributed by atoms with E-state index in [1.54, 1.807) is 24.3 Å². The van der Waals surface area contributed by atoms with Crippen molar-refractivity contribution in [2.75, 3.05) is 13.7 Å². The number of methoxy groups -OCH3 is 1. The van der Waals surface area contributed by atoms with Crippen molar-refractivity contribution >= 4 is 45.2 Å². The van der Waals surface area contributed by atoms with Crippen molar-refractivity contribution in [3.63, 3.8) is 0 Å². The summed E-state index contributed by atoms with van der Waals surface area (Å²) < 4.78 is 33.1. The van der Waals surface area contributed by atoms with E-state index in [0.717, 1.165) is 11.6 Å². The summed E-state index contributed by atoms with van der Waals surface area (Å²) >= 11 is 6.03. The number of carbonyl (C=O) groups is 3. The Bertz CT molecular complexity index is 1330. The lowest BCUT2D eigenvalue weighted by molar-refractivity contribution is -0.144. The zero-order valence-corrected chi connectivity index (χ0v) is 22.0. The Balaban J connectivity index is 1.73. The van der Waals surface area contributed by atoms with Crippen molar-refractivity contribution in [3.05, 3.63) is 58.6 Å². The van der Waals surface area contributed by atoms with E-state index in [2.05, 4.69) is 10.0 Å². The van der Waals surface area contributed by atoms with Gasteiger partial charge in [0.2, 0.25) is 21.8 Å². The van der Waals surface area contributed by atoms with Crippen molar-refractivity contribution in [2.45, 2.75) is 42.8 Å². The van der Waals surface area contributed by atoms with Crippen LogP contribution < -0.4 is 20.5 Å². The Morgan fingerprint density at radius 1 is 1.24 bits per heavy atom. The summed E-state index contributed by atoms with van der Waals surface area (Å²) in [6, 6.07) is 7.84. The number of nitrogens with two attached hydrogens (primary N) is 1. The molecule has 0 bridgehead atoms. The quantitative estimate of drug-likeness (QED) is 0.197. The minimum Gasteiger partial charge on any atom is -0.495 e. The number of carboxylic acids is 1. The average Bonchev–Trinajstić information content (AvgIpc) is 3.36. The number of sulfonamides is 1. The van der Waals surface area contributed by atoms with Gasteiger partial charge in [-0.25, -0.2) is 8.42 Å². The van der Waals surface area contributed by atoms with Crippen LogP contribution in [0, 0.1) is 5.41 Å². The number of carboxylic acid groups (broad SMARTS) is 1. The molecule has 2 aromatic carbocycles. The van der Waals surface area contributed by atoms with Gasteiger partial charge in [-0.1, -0.05) is 35.9 Å². The third kappa shape index (κ3) is 7.00. The number of nitrogen functional groups attached to an aromatic ring is 1. The van der Waals surface area contributed by atoms with Crippen molar-refractivity contribution in [2.24, 2.45) is 5.73 Å². The van der Waals surface area contributed by atoms with E-state index in [0.29, 0.717) is 18.4 Å². The fraction of sp³-hybridized carbons (Fsp3) is 0.333. The predicted octanol–water partition coefficient (Wildman–Crippen LogP) is 1.06. The van der Waals surface area contributed by atoms with Crippen LogP contribution in [0.5, 0.6) is 5.75 Å². The van der Waals surface area contributed by atoms with Gasteiger partial charge in [0.05, 0.1) is 23.4 Å². The molecule has 0 radical (unpaired) electrons. The number of likely N-dealkylation sites (tertiary alicyclic amines) is 1. The Morgan fingerprint density at radius 3 is 2.50 bits per heavy atom. The van der Waals surface area contributed by atoms with Crippen LogP contribution in [0.4, 0.5) is 0 Å². The molecule has 0 unspecified atom stereocenters. The second kappa shape index (κ2) is 12.2. The van der Waals surface area contributed by atoms with Gasteiger partial charge in [-0.15, -0.1) is 0 Å². The number of ether oxygens (including phenoxy) is 1. The van der Waals surface area contributed by atoms with Crippen molar-refractivity contribution in [1.82, 2.24) is 14.9 Å². The highest BCUT2D eigenvalue weighted by molar-refractivity contribution is 7.89. The Kier molecular flexibility index (Phi) is 9.31. The van der Waals surface area contributed by atoms with Crippen LogP contribution in [-0.2, 0) is 31.0 Å². The van der Waals surface area contributed by atoms with Crippen LogP contribution in [0.3, 0.4) is 0 Å². The predicted molar refractivity (Wildman–Crippen MR) is 138 cm³/mol. The first-order valence-corrected chi connectivity index (χ1v) is 13.4. The van der Waals surface area contributed by atoms with Gasteiger partial charge in [0.25, 0.3) is 0 Å². The first-order valence-electron chi connectivity index (χ1n) is 11.5. The molecule has 0 saturated carbocycles. The second-order valence-electron chi connectivity index (χ2n) is 8.59. The van der Waals surface area contributed by atoms with Crippen LogP contribution in [-0.4, -0.2) is 67.8 Å². The summed E-state index contributed by atoms with van der Waals surface area (Å²) in [5.41, 5.74) is 6.72. The first kappa shape index (κ1) is 28.9. The van der Waals surface area contributed by atoms with Gasteiger partial charge in [-0.05, 0) is 36.6 Å². The smallest absolute Gasteiger partial charge is 0.305 e. The number of nitrogens with one attached hydrogen (secondary N) is 3. The molecule has 1 saturated heterocycles. The fourth-order valence-electron chi connectivity index (χ4n) is 4.04. The highest BCUT2D eigenvalue weighted by atomic mass is 35.5. The van der Waals surface area contributed by atoms with Gasteiger partial charge >= 0.3 is 5.97 Å². The van der Waals surface area contributed by atoms with Crippen molar-refractivity contribution in [3.8, 4) is 5.75 Å². The SMILES string of the molecule is COc1ccc(S(=O)(=O)N[C@@H](CC(=O)O)C(=O)N2CCC[C@H]2C(=O)NCc2ccc(C(=N)N)cc2)cc1Cl. The fourth-order valence-corrected chi connectivity index (χ4v) is 5.57. The topological polar surface area (TPSA) is 192 Å². The maximum atomic E-state index is 13.3. The van der Waals surface area contributed by atoms with Crippen LogP contribution >= 0.6 is 11.6 Å². The van der Waals surface area contributed by atoms with Gasteiger partial charge in [0, 0.05) is 18.7 Å². The van der Waals surface area contributed by atoms with E-state index < -0.39 is 46.3 Å². The second-order valence-corrected chi connectivity index (χ2v) is 10.7. The summed E-state index contributed by atoms with van der Waals surface area (Å²) in [5, 5.41) is 19.6. The summed E-state index contributed by atoms with van der Waals surface area (Å²) in [6.07, 6.45) is -0.00543. The van der Waals surface area contributed by atoms with E-state index in [4.69, 9.17) is 27.5 Å². The van der Waals surface area contributed by atoms with Gasteiger partial charge in [0.15, 0.2) is 0 Å². The molecule has 0 aromatic heterocycles. The molecule has 1 fully saturated rings. The number of amides is 2. The summed E-state index contributed by atoms with van der Waals surface area (Å²) in [4.78, 5) is 38.6. The molecule has 204 valence electrons. The molecule has 1 aliphatic heterocycles. The summed E-state index contributed by atoms with van der Waals surface area (Å²) in [5.74, 6) is -2.51. The molecule has 3 rings (SSSR count). The number of carbonyl (C=O) groups excluding carboxylic acids is 2. The lowest BCUT2D eigenvalue weighted by atomic mass is 10.1. The standard InChI is InChI=1S/C24H28ClN5O7S/c1-37-20-9-8-16(11-17(20)25)38(35,36)29-18(12-21(31)32)24(34)30-10-2-3-19(30)23(33)28-13-14-4-6-15(7-5-14)22(26)27/h4-9,11,18-19,29H,2-3,10,12-13H2,1H3,(H3,26,27)(H,28,33)(H,31,32)/t18-,19-/m0/s1. The van der Waals surface area contributed by atoms with Gasteiger partial charge < -0.3 is 25.8 Å². The van der Waals surface area contributed by atoms with E-state index in [1.165, 1.54) is 24.1 Å². The van der Waals surface area contributed by atoms with Crippen LogP contribution in [0.25, 0.3) is 0 Å². The Labute approximate surface area is 224 Å². The van der Waals surface area contributed by atoms with Crippen LogP contribution in [0.2, 0.25) is 5.02 Å². The maximum Gasteiger partial charge on any atom is 0.305 e. The molecule has 2 aromatic rings. The summed E-state index contributed by atoms with van der Waals surface area (Å²) in [7, 11) is -2.98. The average molecular weight is 566 g/mol. The van der Waals surface area contributed by atoms with E-state index in [9.17, 15) is 27.9 Å². The van der Waals surface area contributed by atoms with Gasteiger partial charge in [-0.2, -0.15) is 4.72 Å². The number of halogens is 1. The van der Waals surface area contributed by atoms with Gasteiger partial charge in [-0.3, -0.25) is 19.8 Å². The molecule has 2 amide bonds. The maximum absolute atomic E-state index is 13.3. The lowest BCUT2D eigenvalue weighted by Crippen LogP contribution is -2.53. The monoisotopic (exact) mass is 565 g/mol. The molecule has 0 aliphatic carbocycles. The molecular weight excluding hydrogens is 538 g/mol.